The Labute approximate surface area is 161 Å². The van der Waals surface area contributed by atoms with E-state index in [-0.39, 0.29) is 11.6 Å². The predicted octanol–water partition coefficient (Wildman–Crippen LogP) is 2.82. The lowest BCUT2D eigenvalue weighted by Crippen LogP contribution is -2.47. The minimum Gasteiger partial charge on any atom is -0.494 e. The van der Waals surface area contributed by atoms with Gasteiger partial charge in [0.15, 0.2) is 17.5 Å². The molecule has 1 aliphatic heterocycles. The summed E-state index contributed by atoms with van der Waals surface area (Å²) in [5, 5.41) is 3.33. The largest absolute Gasteiger partial charge is 0.494 e. The van der Waals surface area contributed by atoms with E-state index >= 15 is 0 Å². The van der Waals surface area contributed by atoms with Gasteiger partial charge in [-0.05, 0) is 43.9 Å². The Morgan fingerprint density at radius 2 is 2.04 bits per heavy atom. The third-order valence-electron chi connectivity index (χ3n) is 4.55. The van der Waals surface area contributed by atoms with Crippen LogP contribution < -0.4 is 10.1 Å². The lowest BCUT2D eigenvalue weighted by atomic mass is 10.1. The first-order chi connectivity index (χ1) is 13.2. The Morgan fingerprint density at radius 3 is 2.67 bits per heavy atom. The number of piperidine rings is 1. The molecule has 7 heteroatoms. The number of hydrogen-bond acceptors (Lipinski definition) is 4. The number of guanidine groups is 1. The monoisotopic (exact) mass is 381 g/mol. The number of methoxy groups -OCH3 is 2. The van der Waals surface area contributed by atoms with Gasteiger partial charge in [-0.1, -0.05) is 6.07 Å². The van der Waals surface area contributed by atoms with E-state index < -0.39 is 0 Å². The highest BCUT2D eigenvalue weighted by Gasteiger charge is 2.21. The zero-order valence-electron chi connectivity index (χ0n) is 16.7. The third-order valence-corrected chi connectivity index (χ3v) is 4.55. The second-order valence-corrected chi connectivity index (χ2v) is 6.54. The summed E-state index contributed by atoms with van der Waals surface area (Å²) in [6.07, 6.45) is 3.19. The lowest BCUT2D eigenvalue weighted by Gasteiger charge is -2.34. The van der Waals surface area contributed by atoms with Crippen molar-refractivity contribution in [3.05, 3.63) is 29.6 Å². The van der Waals surface area contributed by atoms with Gasteiger partial charge in [0.25, 0.3) is 0 Å². The molecule has 1 N–H and O–H groups in total. The molecule has 0 spiro atoms. The Morgan fingerprint density at radius 1 is 1.26 bits per heavy atom. The Hall–Kier alpha value is -1.86. The van der Waals surface area contributed by atoms with E-state index in [9.17, 15) is 4.39 Å². The number of halogens is 1. The summed E-state index contributed by atoms with van der Waals surface area (Å²) in [4.78, 5) is 6.93. The van der Waals surface area contributed by atoms with E-state index in [1.54, 1.807) is 13.2 Å². The molecular formula is C20H32FN3O3. The molecule has 0 saturated carbocycles. The lowest BCUT2D eigenvalue weighted by molar-refractivity contribution is 0.00990. The normalized spacial score (nSPS) is 15.9. The minimum atomic E-state index is -0.360. The average Bonchev–Trinajstić information content (AvgIpc) is 2.69. The van der Waals surface area contributed by atoms with E-state index in [2.05, 4.69) is 15.2 Å². The van der Waals surface area contributed by atoms with Gasteiger partial charge in [0.2, 0.25) is 0 Å². The van der Waals surface area contributed by atoms with Crippen molar-refractivity contribution >= 4 is 5.96 Å². The predicted molar refractivity (Wildman–Crippen MR) is 105 cm³/mol. The van der Waals surface area contributed by atoms with Crippen molar-refractivity contribution in [2.45, 2.75) is 38.8 Å². The van der Waals surface area contributed by atoms with Crippen LogP contribution in [0, 0.1) is 5.82 Å². The SMILES string of the molecule is CCNC(=NCc1ccc(OC)c(F)c1)N1CCC(OCCCOC)CC1. The highest BCUT2D eigenvalue weighted by Crippen LogP contribution is 2.19. The molecule has 0 aromatic heterocycles. The topological polar surface area (TPSA) is 55.3 Å². The van der Waals surface area contributed by atoms with Gasteiger partial charge in [-0.15, -0.1) is 0 Å². The molecule has 0 radical (unpaired) electrons. The number of hydrogen-bond donors (Lipinski definition) is 1. The number of nitrogens with zero attached hydrogens (tertiary/aromatic N) is 2. The highest BCUT2D eigenvalue weighted by atomic mass is 19.1. The fourth-order valence-corrected chi connectivity index (χ4v) is 3.09. The van der Waals surface area contributed by atoms with Crippen LogP contribution in [-0.4, -0.2) is 64.0 Å². The van der Waals surface area contributed by atoms with Gasteiger partial charge in [-0.2, -0.15) is 0 Å². The first-order valence-corrected chi connectivity index (χ1v) is 9.64. The zero-order valence-corrected chi connectivity index (χ0v) is 16.7. The van der Waals surface area contributed by atoms with Crippen LogP contribution >= 0.6 is 0 Å². The smallest absolute Gasteiger partial charge is 0.194 e. The average molecular weight is 381 g/mol. The van der Waals surface area contributed by atoms with Crippen molar-refractivity contribution in [2.75, 3.05) is 47.1 Å². The maximum Gasteiger partial charge on any atom is 0.194 e. The van der Waals surface area contributed by atoms with Crippen LogP contribution in [0.4, 0.5) is 4.39 Å². The van der Waals surface area contributed by atoms with Crippen molar-refractivity contribution in [3.63, 3.8) is 0 Å². The van der Waals surface area contributed by atoms with Crippen molar-refractivity contribution < 1.29 is 18.6 Å². The maximum absolute atomic E-state index is 13.8. The molecule has 2 rings (SSSR count). The molecule has 1 saturated heterocycles. The Balaban J connectivity index is 1.87. The summed E-state index contributed by atoms with van der Waals surface area (Å²) in [7, 11) is 3.17. The second kappa shape index (κ2) is 11.8. The summed E-state index contributed by atoms with van der Waals surface area (Å²) in [5.41, 5.74) is 0.820. The summed E-state index contributed by atoms with van der Waals surface area (Å²) in [6, 6.07) is 4.96. The molecule has 27 heavy (non-hydrogen) atoms. The summed E-state index contributed by atoms with van der Waals surface area (Å²) < 4.78 is 29.8. The molecule has 0 unspecified atom stereocenters. The molecule has 1 heterocycles. The summed E-state index contributed by atoms with van der Waals surface area (Å²) in [5.74, 6) is 0.760. The fourth-order valence-electron chi connectivity index (χ4n) is 3.09. The van der Waals surface area contributed by atoms with E-state index in [0.717, 1.165) is 63.6 Å². The highest BCUT2D eigenvalue weighted by molar-refractivity contribution is 5.80. The molecule has 1 aromatic carbocycles. The number of nitrogens with one attached hydrogen (secondary N) is 1. The maximum atomic E-state index is 13.8. The molecule has 1 aliphatic rings. The fraction of sp³-hybridized carbons (Fsp3) is 0.650. The van der Waals surface area contributed by atoms with Crippen molar-refractivity contribution in [1.82, 2.24) is 10.2 Å². The minimum absolute atomic E-state index is 0.252. The van der Waals surface area contributed by atoms with Crippen molar-refractivity contribution in [3.8, 4) is 5.75 Å². The van der Waals surface area contributed by atoms with Gasteiger partial charge in [-0.3, -0.25) is 0 Å². The van der Waals surface area contributed by atoms with Crippen molar-refractivity contribution in [2.24, 2.45) is 4.99 Å². The molecular weight excluding hydrogens is 349 g/mol. The van der Waals surface area contributed by atoms with Gasteiger partial charge < -0.3 is 24.4 Å². The number of ether oxygens (including phenoxy) is 3. The number of likely N-dealkylation sites (tertiary alicyclic amines) is 1. The second-order valence-electron chi connectivity index (χ2n) is 6.54. The van der Waals surface area contributed by atoms with Crippen LogP contribution in [0.2, 0.25) is 0 Å². The van der Waals surface area contributed by atoms with Crippen LogP contribution in [0.5, 0.6) is 5.75 Å². The van der Waals surface area contributed by atoms with Gasteiger partial charge in [0, 0.05) is 40.0 Å². The van der Waals surface area contributed by atoms with Crippen LogP contribution in [0.15, 0.2) is 23.2 Å². The van der Waals surface area contributed by atoms with Crippen LogP contribution in [0.3, 0.4) is 0 Å². The van der Waals surface area contributed by atoms with E-state index in [0.29, 0.717) is 12.6 Å². The molecule has 0 atom stereocenters. The number of benzene rings is 1. The molecule has 0 bridgehead atoms. The number of rotatable bonds is 9. The quantitative estimate of drug-likeness (QED) is 0.405. The summed E-state index contributed by atoms with van der Waals surface area (Å²) in [6.45, 7) is 6.56. The van der Waals surface area contributed by atoms with Gasteiger partial charge in [0.1, 0.15) is 0 Å². The van der Waals surface area contributed by atoms with Crippen LogP contribution in [-0.2, 0) is 16.0 Å². The van der Waals surface area contributed by atoms with E-state index in [4.69, 9.17) is 14.2 Å². The zero-order chi connectivity index (χ0) is 19.5. The third kappa shape index (κ3) is 6.99. The van der Waals surface area contributed by atoms with E-state index in [1.165, 1.54) is 13.2 Å². The van der Waals surface area contributed by atoms with Gasteiger partial charge in [-0.25, -0.2) is 9.38 Å². The molecule has 152 valence electrons. The standard InChI is InChI=1S/C20H32FN3O3/c1-4-22-20(23-15-16-6-7-19(26-3)18(21)14-16)24-10-8-17(9-11-24)27-13-5-12-25-2/h6-7,14,17H,4-5,8-13,15H2,1-3H3,(H,22,23). The molecule has 1 fully saturated rings. The summed E-state index contributed by atoms with van der Waals surface area (Å²) >= 11 is 0. The molecule has 1 aromatic rings. The van der Waals surface area contributed by atoms with E-state index in [1.807, 2.05) is 13.0 Å². The molecule has 6 nitrogen and oxygen atoms in total. The number of aliphatic imine (C=N–C) groups is 1. The van der Waals surface area contributed by atoms with Gasteiger partial charge in [0.05, 0.1) is 19.8 Å². The Kier molecular flexibility index (Phi) is 9.35. The molecule has 0 amide bonds. The van der Waals surface area contributed by atoms with Crippen LogP contribution in [0.25, 0.3) is 0 Å². The molecule has 0 aliphatic carbocycles. The van der Waals surface area contributed by atoms with Crippen LogP contribution in [0.1, 0.15) is 31.7 Å². The van der Waals surface area contributed by atoms with Gasteiger partial charge >= 0.3 is 0 Å². The Bertz CT molecular complexity index is 590. The first kappa shape index (κ1) is 21.4. The van der Waals surface area contributed by atoms with Crippen molar-refractivity contribution in [1.29, 1.82) is 0 Å². The first-order valence-electron chi connectivity index (χ1n) is 9.64.